The van der Waals surface area contributed by atoms with Gasteiger partial charge < -0.3 is 4.74 Å². The number of hydrogen-bond donors (Lipinski definition) is 0. The number of allylic oxidation sites excluding steroid dienone is 2. The van der Waals surface area contributed by atoms with E-state index >= 15 is 0 Å². The van der Waals surface area contributed by atoms with Gasteiger partial charge in [0.1, 0.15) is 5.60 Å². The minimum atomic E-state index is -0.182. The lowest BCUT2D eigenvalue weighted by Crippen LogP contribution is -2.44. The third kappa shape index (κ3) is 1.55. The summed E-state index contributed by atoms with van der Waals surface area (Å²) in [6.07, 6.45) is 6.03. The lowest BCUT2D eigenvalue weighted by atomic mass is 9.62. The number of carbonyl (C=O) groups excluding carboxylic acids is 1. The van der Waals surface area contributed by atoms with E-state index < -0.39 is 0 Å². The Kier molecular flexibility index (Phi) is 2.30. The molecule has 0 N–H and O–H groups in total. The van der Waals surface area contributed by atoms with Crippen LogP contribution in [0.15, 0.2) is 12.2 Å². The summed E-state index contributed by atoms with van der Waals surface area (Å²) in [5.41, 5.74) is -0.114. The van der Waals surface area contributed by atoms with Crippen LogP contribution in [-0.4, -0.2) is 17.5 Å². The molecule has 0 amide bonds. The van der Waals surface area contributed by atoms with E-state index in [4.69, 9.17) is 4.74 Å². The summed E-state index contributed by atoms with van der Waals surface area (Å²) < 4.78 is 5.73. The number of fused-ring (bicyclic) bond motifs is 1. The molecule has 1 saturated carbocycles. The first kappa shape index (κ1) is 10.9. The molecule has 1 aliphatic heterocycles. The van der Waals surface area contributed by atoms with Gasteiger partial charge in [0.15, 0.2) is 5.78 Å². The highest BCUT2D eigenvalue weighted by atomic mass is 16.6. The molecule has 1 saturated heterocycles. The molecular formula is C13H20O2. The molecule has 2 aliphatic rings. The van der Waals surface area contributed by atoms with Gasteiger partial charge in [-0.3, -0.25) is 4.79 Å². The van der Waals surface area contributed by atoms with Crippen LogP contribution in [0.2, 0.25) is 0 Å². The molecule has 84 valence electrons. The fraction of sp³-hybridized carbons (Fsp3) is 0.769. The number of hydrogen-bond acceptors (Lipinski definition) is 2. The van der Waals surface area contributed by atoms with E-state index in [1.54, 1.807) is 6.08 Å². The lowest BCUT2D eigenvalue weighted by Gasteiger charge is -2.38. The Bertz CT molecular complexity index is 312. The largest absolute Gasteiger partial charge is 0.366 e. The number of epoxide rings is 1. The second kappa shape index (κ2) is 3.18. The number of ether oxygens (including phenoxy) is 1. The van der Waals surface area contributed by atoms with Crippen LogP contribution in [-0.2, 0) is 9.53 Å². The van der Waals surface area contributed by atoms with Crippen molar-refractivity contribution in [2.24, 2.45) is 11.3 Å². The number of carbonyl (C=O) groups is 1. The quantitative estimate of drug-likeness (QED) is 0.516. The van der Waals surface area contributed by atoms with Crippen LogP contribution in [0.25, 0.3) is 0 Å². The minimum Gasteiger partial charge on any atom is -0.366 e. The lowest BCUT2D eigenvalue weighted by molar-refractivity contribution is -0.125. The molecule has 1 heterocycles. The van der Waals surface area contributed by atoms with Gasteiger partial charge >= 0.3 is 0 Å². The van der Waals surface area contributed by atoms with Gasteiger partial charge in [0.2, 0.25) is 0 Å². The summed E-state index contributed by atoms with van der Waals surface area (Å²) in [6.45, 7) is 8.34. The Labute approximate surface area is 91.7 Å². The monoisotopic (exact) mass is 208 g/mol. The molecule has 1 aliphatic carbocycles. The standard InChI is InChI=1S/C13H20O2/c1-5-6-9(14)11-12(2,3)8-7-10-13(11,4)15-10/h5-6,10-11H,7-8H2,1-4H3. The summed E-state index contributed by atoms with van der Waals surface area (Å²) in [6, 6.07) is 0. The summed E-state index contributed by atoms with van der Waals surface area (Å²) in [4.78, 5) is 12.1. The van der Waals surface area contributed by atoms with E-state index in [1.807, 2.05) is 13.0 Å². The van der Waals surface area contributed by atoms with Gasteiger partial charge in [0, 0.05) is 0 Å². The van der Waals surface area contributed by atoms with Crippen molar-refractivity contribution < 1.29 is 9.53 Å². The van der Waals surface area contributed by atoms with Gasteiger partial charge in [-0.15, -0.1) is 0 Å². The van der Waals surface area contributed by atoms with Gasteiger partial charge in [-0.1, -0.05) is 19.9 Å². The average molecular weight is 208 g/mol. The Hall–Kier alpha value is -0.630. The van der Waals surface area contributed by atoms with Crippen molar-refractivity contribution in [3.05, 3.63) is 12.2 Å². The molecule has 0 radical (unpaired) electrons. The maximum atomic E-state index is 12.1. The van der Waals surface area contributed by atoms with Gasteiger partial charge in [0.25, 0.3) is 0 Å². The zero-order valence-corrected chi connectivity index (χ0v) is 10.0. The maximum absolute atomic E-state index is 12.1. The van der Waals surface area contributed by atoms with E-state index in [9.17, 15) is 4.79 Å². The van der Waals surface area contributed by atoms with E-state index in [0.717, 1.165) is 12.8 Å². The van der Waals surface area contributed by atoms with E-state index in [0.29, 0.717) is 6.10 Å². The van der Waals surface area contributed by atoms with Gasteiger partial charge in [-0.05, 0) is 38.2 Å². The Morgan fingerprint density at radius 3 is 2.67 bits per heavy atom. The first-order valence-corrected chi connectivity index (χ1v) is 5.76. The van der Waals surface area contributed by atoms with Crippen molar-refractivity contribution in [3.63, 3.8) is 0 Å². The smallest absolute Gasteiger partial charge is 0.161 e. The first-order chi connectivity index (χ1) is 6.92. The molecule has 3 unspecified atom stereocenters. The van der Waals surface area contributed by atoms with Crippen LogP contribution < -0.4 is 0 Å². The average Bonchev–Trinajstić information content (AvgIpc) is 2.74. The summed E-state index contributed by atoms with van der Waals surface area (Å²) in [5.74, 6) is 0.257. The predicted molar refractivity (Wildman–Crippen MR) is 59.6 cm³/mol. The van der Waals surface area contributed by atoms with Crippen molar-refractivity contribution >= 4 is 5.78 Å². The molecule has 2 fully saturated rings. The molecule has 3 atom stereocenters. The highest BCUT2D eigenvalue weighted by Crippen LogP contribution is 2.58. The summed E-state index contributed by atoms with van der Waals surface area (Å²) >= 11 is 0. The summed E-state index contributed by atoms with van der Waals surface area (Å²) in [5, 5.41) is 0. The molecule has 15 heavy (non-hydrogen) atoms. The second-order valence-electron chi connectivity index (χ2n) is 5.65. The highest BCUT2D eigenvalue weighted by Gasteiger charge is 2.65. The molecule has 2 rings (SSSR count). The van der Waals surface area contributed by atoms with Gasteiger partial charge in [-0.25, -0.2) is 0 Å². The van der Waals surface area contributed by atoms with Crippen molar-refractivity contribution in [2.75, 3.05) is 0 Å². The summed E-state index contributed by atoms with van der Waals surface area (Å²) in [7, 11) is 0. The van der Waals surface area contributed by atoms with Gasteiger partial charge in [0.05, 0.1) is 12.0 Å². The zero-order chi connectivity index (χ0) is 11.3. The van der Waals surface area contributed by atoms with Crippen LogP contribution >= 0.6 is 0 Å². The van der Waals surface area contributed by atoms with E-state index in [1.165, 1.54) is 0 Å². The second-order valence-corrected chi connectivity index (χ2v) is 5.65. The first-order valence-electron chi connectivity index (χ1n) is 5.76. The highest BCUT2D eigenvalue weighted by molar-refractivity contribution is 5.93. The third-order valence-corrected chi connectivity index (χ3v) is 4.00. The fourth-order valence-corrected chi connectivity index (χ4v) is 3.22. The fourth-order valence-electron chi connectivity index (χ4n) is 3.22. The van der Waals surface area contributed by atoms with Crippen LogP contribution in [0.3, 0.4) is 0 Å². The third-order valence-electron chi connectivity index (χ3n) is 4.00. The minimum absolute atomic E-state index is 0.0277. The van der Waals surface area contributed by atoms with E-state index in [2.05, 4.69) is 20.8 Å². The Morgan fingerprint density at radius 1 is 1.40 bits per heavy atom. The molecule has 0 bridgehead atoms. The van der Waals surface area contributed by atoms with Crippen molar-refractivity contribution in [2.45, 2.75) is 52.2 Å². The predicted octanol–water partition coefficient (Wildman–Crippen LogP) is 2.73. The molecular weight excluding hydrogens is 188 g/mol. The Balaban J connectivity index is 2.28. The molecule has 0 spiro atoms. The van der Waals surface area contributed by atoms with Crippen LogP contribution in [0.5, 0.6) is 0 Å². The van der Waals surface area contributed by atoms with E-state index in [-0.39, 0.29) is 22.7 Å². The van der Waals surface area contributed by atoms with Gasteiger partial charge in [-0.2, -0.15) is 0 Å². The zero-order valence-electron chi connectivity index (χ0n) is 10.0. The maximum Gasteiger partial charge on any atom is 0.161 e. The molecule has 0 aromatic heterocycles. The molecule has 2 nitrogen and oxygen atoms in total. The van der Waals surface area contributed by atoms with Crippen molar-refractivity contribution in [3.8, 4) is 0 Å². The number of ketones is 1. The van der Waals surface area contributed by atoms with Crippen molar-refractivity contribution in [1.29, 1.82) is 0 Å². The topological polar surface area (TPSA) is 29.6 Å². The van der Waals surface area contributed by atoms with Crippen LogP contribution in [0.4, 0.5) is 0 Å². The van der Waals surface area contributed by atoms with Crippen molar-refractivity contribution in [1.82, 2.24) is 0 Å². The van der Waals surface area contributed by atoms with Crippen LogP contribution in [0.1, 0.15) is 40.5 Å². The van der Waals surface area contributed by atoms with Crippen LogP contribution in [0, 0.1) is 11.3 Å². The normalized spacial score (nSPS) is 42.7. The molecule has 0 aromatic rings. The Morgan fingerprint density at radius 2 is 2.07 bits per heavy atom. The SMILES string of the molecule is CC=CC(=O)C1C(C)(C)CCC2OC21C. The number of rotatable bonds is 2. The molecule has 0 aromatic carbocycles. The molecule has 2 heteroatoms.